The molecule has 10 heteroatoms. The average molecular weight is 444 g/mol. The molecule has 0 aliphatic rings. The maximum absolute atomic E-state index is 12.6. The number of para-hydroxylation sites is 1. The van der Waals surface area contributed by atoms with Gasteiger partial charge in [0.15, 0.2) is 10.3 Å². The van der Waals surface area contributed by atoms with Crippen LogP contribution in [0, 0.1) is 6.92 Å². The van der Waals surface area contributed by atoms with E-state index in [0.717, 1.165) is 21.6 Å². The van der Waals surface area contributed by atoms with Gasteiger partial charge in [-0.2, -0.15) is 0 Å². The van der Waals surface area contributed by atoms with Crippen LogP contribution in [-0.2, 0) is 0 Å². The van der Waals surface area contributed by atoms with E-state index in [2.05, 4.69) is 25.9 Å². The van der Waals surface area contributed by atoms with Crippen LogP contribution in [0.25, 0.3) is 10.2 Å². The molecule has 0 atom stereocenters. The molecule has 146 valence electrons. The molecule has 4 rings (SSSR count). The number of anilines is 3. The molecular weight excluding hydrogens is 430 g/mol. The van der Waals surface area contributed by atoms with Gasteiger partial charge in [-0.05, 0) is 37.3 Å². The van der Waals surface area contributed by atoms with Gasteiger partial charge in [-0.25, -0.2) is 14.8 Å². The molecule has 0 unspecified atom stereocenters. The highest BCUT2D eigenvalue weighted by Crippen LogP contribution is 2.28. The van der Waals surface area contributed by atoms with E-state index in [-0.39, 0.29) is 5.91 Å². The van der Waals surface area contributed by atoms with Crippen molar-refractivity contribution in [2.75, 3.05) is 16.0 Å². The number of nitrogens with one attached hydrogen (secondary N) is 3. The smallest absolute Gasteiger partial charge is 0.308 e. The van der Waals surface area contributed by atoms with E-state index < -0.39 is 6.03 Å². The van der Waals surface area contributed by atoms with Crippen LogP contribution in [-0.4, -0.2) is 21.9 Å². The molecule has 0 spiro atoms. The van der Waals surface area contributed by atoms with Crippen LogP contribution >= 0.6 is 34.3 Å². The lowest BCUT2D eigenvalue weighted by atomic mass is 10.3. The highest BCUT2D eigenvalue weighted by atomic mass is 35.5. The molecule has 0 saturated carbocycles. The van der Waals surface area contributed by atoms with Crippen molar-refractivity contribution < 1.29 is 9.59 Å². The third-order valence-electron chi connectivity index (χ3n) is 3.82. The Morgan fingerprint density at radius 2 is 1.72 bits per heavy atom. The largest absolute Gasteiger partial charge is 0.325 e. The number of carbonyl (C=O) groups excluding carboxylic acids is 2. The Balaban J connectivity index is 1.44. The number of hydrogen-bond acceptors (Lipinski definition) is 6. The minimum atomic E-state index is -0.473. The summed E-state index contributed by atoms with van der Waals surface area (Å²) in [5.74, 6) is -0.317. The average Bonchev–Trinajstić information content (AvgIpc) is 3.24. The van der Waals surface area contributed by atoms with Crippen molar-refractivity contribution in [3.05, 3.63) is 64.1 Å². The number of nitrogens with zero attached hydrogens (tertiary/aromatic N) is 2. The number of amides is 3. The van der Waals surface area contributed by atoms with E-state index in [0.29, 0.717) is 31.5 Å². The second kappa shape index (κ2) is 8.16. The Kier molecular flexibility index (Phi) is 5.43. The van der Waals surface area contributed by atoms with E-state index in [4.69, 9.17) is 11.6 Å². The Morgan fingerprint density at radius 1 is 0.931 bits per heavy atom. The highest BCUT2D eigenvalue weighted by Gasteiger charge is 2.18. The van der Waals surface area contributed by atoms with Crippen LogP contribution in [0.1, 0.15) is 15.4 Å². The van der Waals surface area contributed by atoms with E-state index in [1.54, 1.807) is 31.2 Å². The SMILES string of the molecule is Cc1nc(NC(=O)Nc2cccc(Cl)c2)sc1C(=O)Nc1nc2ccccc2s1. The number of thiazole rings is 2. The first-order valence-electron chi connectivity index (χ1n) is 8.46. The van der Waals surface area contributed by atoms with Gasteiger partial charge in [-0.1, -0.05) is 52.5 Å². The van der Waals surface area contributed by atoms with Gasteiger partial charge in [-0.15, -0.1) is 0 Å². The minimum absolute atomic E-state index is 0.316. The molecule has 29 heavy (non-hydrogen) atoms. The monoisotopic (exact) mass is 443 g/mol. The molecule has 2 heterocycles. The van der Waals surface area contributed by atoms with Crippen molar-refractivity contribution >= 4 is 72.4 Å². The fourth-order valence-corrected chi connectivity index (χ4v) is 4.47. The Labute approximate surface area is 178 Å². The normalized spacial score (nSPS) is 10.7. The lowest BCUT2D eigenvalue weighted by Crippen LogP contribution is -2.19. The Morgan fingerprint density at radius 3 is 2.52 bits per heavy atom. The van der Waals surface area contributed by atoms with E-state index in [1.807, 2.05) is 24.3 Å². The second-order valence-corrected chi connectivity index (χ2v) is 8.43. The molecule has 4 aromatic rings. The summed E-state index contributed by atoms with van der Waals surface area (Å²) in [5.41, 5.74) is 1.90. The maximum atomic E-state index is 12.6. The molecule has 0 radical (unpaired) electrons. The van der Waals surface area contributed by atoms with Crippen LogP contribution in [0.15, 0.2) is 48.5 Å². The number of hydrogen-bond donors (Lipinski definition) is 3. The van der Waals surface area contributed by atoms with E-state index in [1.165, 1.54) is 11.3 Å². The highest BCUT2D eigenvalue weighted by molar-refractivity contribution is 7.22. The van der Waals surface area contributed by atoms with Crippen molar-refractivity contribution in [2.45, 2.75) is 6.92 Å². The molecule has 2 aromatic carbocycles. The second-order valence-electron chi connectivity index (χ2n) is 5.96. The standard InChI is InChI=1S/C19H14ClN5O2S2/c1-10-15(16(26)24-19-23-13-7-2-3-8-14(13)28-19)29-18(21-10)25-17(27)22-12-6-4-5-11(20)9-12/h2-9H,1H3,(H,23,24,26)(H2,21,22,25,27). The Hall–Kier alpha value is -3.01. The summed E-state index contributed by atoms with van der Waals surface area (Å²) in [7, 11) is 0. The first-order chi connectivity index (χ1) is 14.0. The van der Waals surface area contributed by atoms with Crippen LogP contribution in [0.4, 0.5) is 20.7 Å². The van der Waals surface area contributed by atoms with Gasteiger partial charge in [0.05, 0.1) is 15.9 Å². The molecule has 0 aliphatic heterocycles. The third-order valence-corrected chi connectivity index (χ3v) is 6.08. The molecular formula is C19H14ClN5O2S2. The van der Waals surface area contributed by atoms with Gasteiger partial charge in [-0.3, -0.25) is 15.4 Å². The number of carbonyl (C=O) groups is 2. The number of benzene rings is 2. The van der Waals surface area contributed by atoms with Crippen LogP contribution in [0.3, 0.4) is 0 Å². The number of urea groups is 1. The molecule has 2 aromatic heterocycles. The summed E-state index contributed by atoms with van der Waals surface area (Å²) in [4.78, 5) is 33.8. The fraction of sp³-hybridized carbons (Fsp3) is 0.0526. The van der Waals surface area contributed by atoms with E-state index in [9.17, 15) is 9.59 Å². The zero-order valence-corrected chi connectivity index (χ0v) is 17.4. The van der Waals surface area contributed by atoms with Crippen molar-refractivity contribution in [1.82, 2.24) is 9.97 Å². The number of halogens is 1. The van der Waals surface area contributed by atoms with Gasteiger partial charge in [0.25, 0.3) is 5.91 Å². The van der Waals surface area contributed by atoms with Crippen molar-refractivity contribution in [3.63, 3.8) is 0 Å². The first kappa shape index (κ1) is 19.3. The molecule has 0 fully saturated rings. The summed E-state index contributed by atoms with van der Waals surface area (Å²) in [6, 6.07) is 14.0. The van der Waals surface area contributed by atoms with Crippen LogP contribution in [0.2, 0.25) is 5.02 Å². The van der Waals surface area contributed by atoms with Crippen molar-refractivity contribution in [2.24, 2.45) is 0 Å². The van der Waals surface area contributed by atoms with Gasteiger partial charge in [0.1, 0.15) is 4.88 Å². The van der Waals surface area contributed by atoms with Gasteiger partial charge < -0.3 is 5.32 Å². The quantitative estimate of drug-likeness (QED) is 0.382. The van der Waals surface area contributed by atoms with Gasteiger partial charge in [0, 0.05) is 10.7 Å². The number of rotatable bonds is 4. The van der Waals surface area contributed by atoms with Gasteiger partial charge in [0.2, 0.25) is 0 Å². The molecule has 0 saturated heterocycles. The molecule has 7 nitrogen and oxygen atoms in total. The van der Waals surface area contributed by atoms with Crippen molar-refractivity contribution in [1.29, 1.82) is 0 Å². The lowest BCUT2D eigenvalue weighted by molar-refractivity contribution is 0.103. The topological polar surface area (TPSA) is 96.0 Å². The summed E-state index contributed by atoms with van der Waals surface area (Å²) in [5, 5.41) is 9.44. The third kappa shape index (κ3) is 4.53. The number of aromatic nitrogens is 2. The summed E-state index contributed by atoms with van der Waals surface area (Å²) < 4.78 is 0.990. The van der Waals surface area contributed by atoms with Gasteiger partial charge >= 0.3 is 6.03 Å². The minimum Gasteiger partial charge on any atom is -0.308 e. The molecule has 3 N–H and O–H groups in total. The fourth-order valence-electron chi connectivity index (χ4n) is 2.57. The van der Waals surface area contributed by atoms with Crippen LogP contribution in [0.5, 0.6) is 0 Å². The zero-order valence-electron chi connectivity index (χ0n) is 15.0. The van der Waals surface area contributed by atoms with E-state index >= 15 is 0 Å². The molecule has 0 bridgehead atoms. The first-order valence-corrected chi connectivity index (χ1v) is 10.5. The van der Waals surface area contributed by atoms with Crippen molar-refractivity contribution in [3.8, 4) is 0 Å². The zero-order chi connectivity index (χ0) is 20.4. The molecule has 0 aliphatic carbocycles. The number of aryl methyl sites for hydroxylation is 1. The lowest BCUT2D eigenvalue weighted by Gasteiger charge is -2.05. The maximum Gasteiger partial charge on any atom is 0.325 e. The van der Waals surface area contributed by atoms with Crippen LogP contribution < -0.4 is 16.0 Å². The number of fused-ring (bicyclic) bond motifs is 1. The summed E-state index contributed by atoms with van der Waals surface area (Å²) in [6.07, 6.45) is 0. The summed E-state index contributed by atoms with van der Waals surface area (Å²) >= 11 is 8.40. The predicted octanol–water partition coefficient (Wildman–Crippen LogP) is 5.61. The Bertz CT molecular complexity index is 1190. The predicted molar refractivity (Wildman–Crippen MR) is 119 cm³/mol. The summed E-state index contributed by atoms with van der Waals surface area (Å²) in [6.45, 7) is 1.71. The molecule has 3 amide bonds.